The molecule has 0 aliphatic carbocycles. The minimum Gasteiger partial charge on any atom is -0.271 e. The molecule has 6 heteroatoms. The highest BCUT2D eigenvalue weighted by Crippen LogP contribution is 2.30. The first-order chi connectivity index (χ1) is 9.71. The summed E-state index contributed by atoms with van der Waals surface area (Å²) in [5.41, 5.74) is 5.13. The fourth-order valence-corrected chi connectivity index (χ4v) is 4.56. The quantitative estimate of drug-likeness (QED) is 0.626. The van der Waals surface area contributed by atoms with Crippen LogP contribution in [0.1, 0.15) is 44.5 Å². The fourth-order valence-electron chi connectivity index (χ4n) is 2.80. The van der Waals surface area contributed by atoms with E-state index in [1.165, 1.54) is 25.0 Å². The normalized spacial score (nSPS) is 21.1. The molecule has 1 aliphatic rings. The zero-order chi connectivity index (χ0) is 14.5. The van der Waals surface area contributed by atoms with E-state index in [0.29, 0.717) is 5.25 Å². The summed E-state index contributed by atoms with van der Waals surface area (Å²) in [6.45, 7) is 5.05. The molecule has 114 valence electrons. The van der Waals surface area contributed by atoms with E-state index in [1.54, 1.807) is 0 Å². The summed E-state index contributed by atoms with van der Waals surface area (Å²) in [7, 11) is 0. The summed E-state index contributed by atoms with van der Waals surface area (Å²) in [5.74, 6) is 7.04. The Hall–Kier alpha value is -0.230. The van der Waals surface area contributed by atoms with Gasteiger partial charge in [-0.25, -0.2) is 0 Å². The Balaban J connectivity index is 2.15. The topological polar surface area (TPSA) is 55.9 Å². The number of nitrogens with two attached hydrogens (primary N) is 1. The number of aromatic nitrogens is 2. The average molecular weight is 317 g/mol. The SMILES string of the molecule is CCc1nn(CC)c(CC(NN)C2CCCCS2)c1Cl. The molecule has 0 bridgehead atoms. The third kappa shape index (κ3) is 3.50. The predicted molar refractivity (Wildman–Crippen MR) is 87.2 cm³/mol. The molecular formula is C14H25ClN4S. The van der Waals surface area contributed by atoms with Crippen LogP contribution in [0, 0.1) is 0 Å². The van der Waals surface area contributed by atoms with Crippen molar-refractivity contribution in [3.05, 3.63) is 16.4 Å². The second-order valence-corrected chi connectivity index (χ2v) is 6.98. The molecule has 2 heterocycles. The fraction of sp³-hybridized carbons (Fsp3) is 0.786. The number of nitrogens with one attached hydrogen (secondary N) is 1. The van der Waals surface area contributed by atoms with Gasteiger partial charge in [-0.1, -0.05) is 24.9 Å². The third-order valence-corrected chi connectivity index (χ3v) is 5.94. The second kappa shape index (κ2) is 7.69. The van der Waals surface area contributed by atoms with Crippen LogP contribution in [0.25, 0.3) is 0 Å². The Morgan fingerprint density at radius 2 is 2.30 bits per heavy atom. The van der Waals surface area contributed by atoms with E-state index in [-0.39, 0.29) is 6.04 Å². The largest absolute Gasteiger partial charge is 0.271 e. The molecule has 1 saturated heterocycles. The van der Waals surface area contributed by atoms with Crippen molar-refractivity contribution < 1.29 is 0 Å². The van der Waals surface area contributed by atoms with Crippen molar-refractivity contribution in [2.75, 3.05) is 5.75 Å². The molecule has 0 aromatic carbocycles. The van der Waals surface area contributed by atoms with Gasteiger partial charge in [0.1, 0.15) is 0 Å². The molecular weight excluding hydrogens is 292 g/mol. The molecule has 4 nitrogen and oxygen atoms in total. The van der Waals surface area contributed by atoms with Crippen molar-refractivity contribution >= 4 is 23.4 Å². The Morgan fingerprint density at radius 3 is 2.85 bits per heavy atom. The van der Waals surface area contributed by atoms with Crippen molar-refractivity contribution in [2.45, 2.75) is 63.8 Å². The lowest BCUT2D eigenvalue weighted by Gasteiger charge is -2.29. The van der Waals surface area contributed by atoms with Gasteiger partial charge in [0.25, 0.3) is 0 Å². The minimum absolute atomic E-state index is 0.268. The van der Waals surface area contributed by atoms with Crippen LogP contribution in [-0.4, -0.2) is 26.8 Å². The number of hydrazine groups is 1. The zero-order valence-electron chi connectivity index (χ0n) is 12.4. The number of hydrogen-bond donors (Lipinski definition) is 2. The standard InChI is InChI=1S/C14H25ClN4S/c1-3-10-14(15)12(19(4-2)18-10)9-11(17-16)13-7-5-6-8-20-13/h11,13,17H,3-9,16H2,1-2H3. The summed E-state index contributed by atoms with van der Waals surface area (Å²) in [6.07, 6.45) is 5.59. The van der Waals surface area contributed by atoms with Gasteiger partial charge in [0, 0.05) is 24.3 Å². The number of halogens is 1. The lowest BCUT2D eigenvalue weighted by molar-refractivity contribution is 0.456. The molecule has 0 amide bonds. The van der Waals surface area contributed by atoms with Gasteiger partial charge in [0.2, 0.25) is 0 Å². The first-order valence-corrected chi connectivity index (χ1v) is 8.95. The highest BCUT2D eigenvalue weighted by atomic mass is 35.5. The van der Waals surface area contributed by atoms with Crippen LogP contribution in [0.5, 0.6) is 0 Å². The van der Waals surface area contributed by atoms with Crippen LogP contribution >= 0.6 is 23.4 Å². The molecule has 0 radical (unpaired) electrons. The average Bonchev–Trinajstić information content (AvgIpc) is 2.81. The van der Waals surface area contributed by atoms with Crippen LogP contribution in [0.4, 0.5) is 0 Å². The number of nitrogens with zero attached hydrogens (tertiary/aromatic N) is 2. The molecule has 1 fully saturated rings. The maximum absolute atomic E-state index is 6.49. The monoisotopic (exact) mass is 316 g/mol. The molecule has 2 atom stereocenters. The molecule has 0 saturated carbocycles. The molecule has 2 unspecified atom stereocenters. The summed E-state index contributed by atoms with van der Waals surface area (Å²) in [5, 5.41) is 6.00. The zero-order valence-corrected chi connectivity index (χ0v) is 13.9. The van der Waals surface area contributed by atoms with E-state index in [9.17, 15) is 0 Å². The van der Waals surface area contributed by atoms with Gasteiger partial charge < -0.3 is 0 Å². The highest BCUT2D eigenvalue weighted by Gasteiger charge is 2.26. The lowest BCUT2D eigenvalue weighted by atomic mass is 10.0. The molecule has 1 aromatic heterocycles. The van der Waals surface area contributed by atoms with Crippen molar-refractivity contribution in [3.63, 3.8) is 0 Å². The van der Waals surface area contributed by atoms with E-state index in [4.69, 9.17) is 17.4 Å². The van der Waals surface area contributed by atoms with Gasteiger partial charge in [-0.3, -0.25) is 16.0 Å². The van der Waals surface area contributed by atoms with Gasteiger partial charge >= 0.3 is 0 Å². The smallest absolute Gasteiger partial charge is 0.0850 e. The third-order valence-electron chi connectivity index (χ3n) is 3.99. The maximum Gasteiger partial charge on any atom is 0.0850 e. The summed E-state index contributed by atoms with van der Waals surface area (Å²) in [4.78, 5) is 0. The number of thioether (sulfide) groups is 1. The predicted octanol–water partition coefficient (Wildman–Crippen LogP) is 2.78. The molecule has 1 aromatic rings. The summed E-state index contributed by atoms with van der Waals surface area (Å²) >= 11 is 8.52. The molecule has 3 N–H and O–H groups in total. The van der Waals surface area contributed by atoms with E-state index >= 15 is 0 Å². The number of aryl methyl sites for hydroxylation is 2. The van der Waals surface area contributed by atoms with Crippen molar-refractivity contribution in [1.82, 2.24) is 15.2 Å². The van der Waals surface area contributed by atoms with Gasteiger partial charge in [0.15, 0.2) is 0 Å². The van der Waals surface area contributed by atoms with Crippen molar-refractivity contribution in [3.8, 4) is 0 Å². The summed E-state index contributed by atoms with van der Waals surface area (Å²) in [6, 6.07) is 0.268. The Labute approximate surface area is 130 Å². The van der Waals surface area contributed by atoms with Crippen LogP contribution in [0.15, 0.2) is 0 Å². The van der Waals surface area contributed by atoms with Crippen molar-refractivity contribution in [2.24, 2.45) is 5.84 Å². The number of rotatable bonds is 6. The Morgan fingerprint density at radius 1 is 1.50 bits per heavy atom. The first kappa shape index (κ1) is 16.1. The van der Waals surface area contributed by atoms with Gasteiger partial charge in [-0.05, 0) is 31.9 Å². The van der Waals surface area contributed by atoms with Crippen molar-refractivity contribution in [1.29, 1.82) is 0 Å². The molecule has 0 spiro atoms. The highest BCUT2D eigenvalue weighted by molar-refractivity contribution is 8.00. The lowest BCUT2D eigenvalue weighted by Crippen LogP contribution is -2.45. The second-order valence-electron chi connectivity index (χ2n) is 5.26. The summed E-state index contributed by atoms with van der Waals surface area (Å²) < 4.78 is 2.03. The molecule has 1 aliphatic heterocycles. The van der Waals surface area contributed by atoms with Gasteiger partial charge in [0.05, 0.1) is 16.4 Å². The van der Waals surface area contributed by atoms with Crippen LogP contribution in [0.3, 0.4) is 0 Å². The van der Waals surface area contributed by atoms with Crippen LogP contribution < -0.4 is 11.3 Å². The Bertz CT molecular complexity index is 429. The maximum atomic E-state index is 6.49. The van der Waals surface area contributed by atoms with E-state index in [0.717, 1.165) is 35.8 Å². The number of hydrogen-bond acceptors (Lipinski definition) is 4. The van der Waals surface area contributed by atoms with Gasteiger partial charge in [-0.2, -0.15) is 16.9 Å². The van der Waals surface area contributed by atoms with Crippen LogP contribution in [-0.2, 0) is 19.4 Å². The molecule has 20 heavy (non-hydrogen) atoms. The molecule has 2 rings (SSSR count). The van der Waals surface area contributed by atoms with E-state index in [1.807, 2.05) is 16.4 Å². The van der Waals surface area contributed by atoms with Gasteiger partial charge in [-0.15, -0.1) is 0 Å². The Kier molecular flexibility index (Phi) is 6.20. The van der Waals surface area contributed by atoms with E-state index in [2.05, 4.69) is 24.4 Å². The van der Waals surface area contributed by atoms with Crippen LogP contribution in [0.2, 0.25) is 5.02 Å². The minimum atomic E-state index is 0.268. The van der Waals surface area contributed by atoms with E-state index < -0.39 is 0 Å². The first-order valence-electron chi connectivity index (χ1n) is 7.53.